The number of rotatable bonds is 8. The molecule has 4 rings (SSSR count). The summed E-state index contributed by atoms with van der Waals surface area (Å²) in [6.45, 7) is -0.259. The Hall–Kier alpha value is -4.40. The molecular formula is C28H21Cl2N3O5. The van der Waals surface area contributed by atoms with Gasteiger partial charge in [-0.1, -0.05) is 59.6 Å². The SMILES string of the molecule is COc1cc(/C=N\NC(=O)CNC(=O)c2cccc3ccccc23)ccc1OC(=O)c1ccc(Cl)cc1Cl. The highest BCUT2D eigenvalue weighted by Gasteiger charge is 2.16. The molecular weight excluding hydrogens is 529 g/mol. The van der Waals surface area contributed by atoms with Crippen molar-refractivity contribution in [2.75, 3.05) is 13.7 Å². The van der Waals surface area contributed by atoms with Crippen molar-refractivity contribution in [1.29, 1.82) is 0 Å². The van der Waals surface area contributed by atoms with Crippen LogP contribution >= 0.6 is 23.2 Å². The monoisotopic (exact) mass is 549 g/mol. The third-order valence-corrected chi connectivity index (χ3v) is 5.94. The number of carbonyl (C=O) groups excluding carboxylic acids is 3. The summed E-state index contributed by atoms with van der Waals surface area (Å²) in [6, 6.07) is 22.1. The fourth-order valence-corrected chi connectivity index (χ4v) is 4.04. The molecule has 0 bridgehead atoms. The number of nitrogens with zero attached hydrogens (tertiary/aromatic N) is 1. The fourth-order valence-electron chi connectivity index (χ4n) is 3.56. The van der Waals surface area contributed by atoms with Crippen molar-refractivity contribution in [3.8, 4) is 11.5 Å². The second kappa shape index (κ2) is 12.2. The van der Waals surface area contributed by atoms with E-state index in [0.29, 0.717) is 16.1 Å². The van der Waals surface area contributed by atoms with Crippen molar-refractivity contribution in [2.45, 2.75) is 0 Å². The molecule has 2 N–H and O–H groups in total. The largest absolute Gasteiger partial charge is 0.493 e. The van der Waals surface area contributed by atoms with Gasteiger partial charge in [0.05, 0.1) is 30.5 Å². The number of esters is 1. The summed E-state index contributed by atoms with van der Waals surface area (Å²) in [5.41, 5.74) is 3.55. The first-order valence-electron chi connectivity index (χ1n) is 11.3. The van der Waals surface area contributed by atoms with E-state index in [2.05, 4.69) is 15.8 Å². The van der Waals surface area contributed by atoms with Gasteiger partial charge in [-0.3, -0.25) is 9.59 Å². The summed E-state index contributed by atoms with van der Waals surface area (Å²) >= 11 is 11.9. The van der Waals surface area contributed by atoms with Crippen LogP contribution in [0.5, 0.6) is 11.5 Å². The quantitative estimate of drug-likeness (QED) is 0.135. The molecule has 192 valence electrons. The molecule has 2 amide bonds. The number of carbonyl (C=O) groups is 3. The van der Waals surface area contributed by atoms with Gasteiger partial charge in [-0.05, 0) is 58.8 Å². The van der Waals surface area contributed by atoms with E-state index >= 15 is 0 Å². The average Bonchev–Trinajstić information content (AvgIpc) is 2.92. The molecule has 0 aliphatic carbocycles. The summed E-state index contributed by atoms with van der Waals surface area (Å²) in [6.07, 6.45) is 1.38. The topological polar surface area (TPSA) is 106 Å². The summed E-state index contributed by atoms with van der Waals surface area (Å²) in [4.78, 5) is 37.2. The highest BCUT2D eigenvalue weighted by Crippen LogP contribution is 2.30. The second-order valence-corrected chi connectivity index (χ2v) is 8.77. The molecule has 38 heavy (non-hydrogen) atoms. The molecule has 10 heteroatoms. The summed E-state index contributed by atoms with van der Waals surface area (Å²) in [5, 5.41) is 8.78. The molecule has 0 spiro atoms. The Bertz CT molecular complexity index is 1550. The third-order valence-electron chi connectivity index (χ3n) is 5.39. The number of ether oxygens (including phenoxy) is 2. The van der Waals surface area contributed by atoms with Gasteiger partial charge < -0.3 is 14.8 Å². The van der Waals surface area contributed by atoms with E-state index in [1.807, 2.05) is 30.3 Å². The Labute approximate surface area is 228 Å². The maximum absolute atomic E-state index is 12.6. The summed E-state index contributed by atoms with van der Waals surface area (Å²) in [5.74, 6) is -1.12. The predicted octanol–water partition coefficient (Wildman–Crippen LogP) is 5.25. The van der Waals surface area contributed by atoms with E-state index in [0.717, 1.165) is 10.8 Å². The van der Waals surface area contributed by atoms with Gasteiger partial charge in [0.25, 0.3) is 11.8 Å². The number of amides is 2. The minimum absolute atomic E-state index is 0.152. The van der Waals surface area contributed by atoms with E-state index in [9.17, 15) is 14.4 Å². The van der Waals surface area contributed by atoms with Crippen LogP contribution in [0.25, 0.3) is 10.8 Å². The van der Waals surface area contributed by atoms with Crippen LogP contribution < -0.4 is 20.2 Å². The van der Waals surface area contributed by atoms with Crippen molar-refractivity contribution in [2.24, 2.45) is 5.10 Å². The first-order valence-corrected chi connectivity index (χ1v) is 12.0. The zero-order chi connectivity index (χ0) is 27.1. The number of hydrogen-bond acceptors (Lipinski definition) is 6. The smallest absolute Gasteiger partial charge is 0.345 e. The molecule has 0 aliphatic rings. The van der Waals surface area contributed by atoms with Gasteiger partial charge in [-0.2, -0.15) is 5.10 Å². The number of benzene rings is 4. The number of halogens is 2. The Kier molecular flexibility index (Phi) is 8.58. The fraction of sp³-hybridized carbons (Fsp3) is 0.0714. The molecule has 0 aliphatic heterocycles. The van der Waals surface area contributed by atoms with Gasteiger partial charge in [-0.25, -0.2) is 10.2 Å². The van der Waals surface area contributed by atoms with Crippen LogP contribution in [0.3, 0.4) is 0 Å². The molecule has 0 saturated carbocycles. The van der Waals surface area contributed by atoms with Crippen LogP contribution in [-0.2, 0) is 4.79 Å². The van der Waals surface area contributed by atoms with Crippen molar-refractivity contribution < 1.29 is 23.9 Å². The van der Waals surface area contributed by atoms with Crippen LogP contribution in [-0.4, -0.2) is 37.7 Å². The molecule has 0 fully saturated rings. The number of fused-ring (bicyclic) bond motifs is 1. The first kappa shape index (κ1) is 26.7. The maximum atomic E-state index is 12.6. The lowest BCUT2D eigenvalue weighted by Crippen LogP contribution is -2.35. The number of nitrogens with one attached hydrogen (secondary N) is 2. The molecule has 8 nitrogen and oxygen atoms in total. The third kappa shape index (κ3) is 6.47. The zero-order valence-electron chi connectivity index (χ0n) is 20.0. The number of hydrogen-bond donors (Lipinski definition) is 2. The number of hydrazone groups is 1. The predicted molar refractivity (Wildman–Crippen MR) is 146 cm³/mol. The lowest BCUT2D eigenvalue weighted by Gasteiger charge is -2.10. The molecule has 0 unspecified atom stereocenters. The van der Waals surface area contributed by atoms with Crippen LogP contribution in [0.1, 0.15) is 26.3 Å². The van der Waals surface area contributed by atoms with Crippen molar-refractivity contribution in [1.82, 2.24) is 10.7 Å². The zero-order valence-corrected chi connectivity index (χ0v) is 21.5. The van der Waals surface area contributed by atoms with Crippen LogP contribution in [0.2, 0.25) is 10.0 Å². The van der Waals surface area contributed by atoms with E-state index in [4.69, 9.17) is 32.7 Å². The van der Waals surface area contributed by atoms with Gasteiger partial charge in [0.15, 0.2) is 11.5 Å². The van der Waals surface area contributed by atoms with Crippen LogP contribution in [0.4, 0.5) is 0 Å². The Morgan fingerprint density at radius 2 is 1.68 bits per heavy atom. The van der Waals surface area contributed by atoms with Crippen LogP contribution in [0, 0.1) is 0 Å². The first-order chi connectivity index (χ1) is 18.4. The normalized spacial score (nSPS) is 10.8. The van der Waals surface area contributed by atoms with Crippen molar-refractivity contribution in [3.63, 3.8) is 0 Å². The molecule has 0 atom stereocenters. The van der Waals surface area contributed by atoms with E-state index in [1.165, 1.54) is 37.6 Å². The van der Waals surface area contributed by atoms with Gasteiger partial charge in [-0.15, -0.1) is 0 Å². The Morgan fingerprint density at radius 1 is 0.895 bits per heavy atom. The van der Waals surface area contributed by atoms with Crippen molar-refractivity contribution in [3.05, 3.63) is 106 Å². The summed E-state index contributed by atoms with van der Waals surface area (Å²) < 4.78 is 10.7. The molecule has 4 aromatic carbocycles. The van der Waals surface area contributed by atoms with E-state index in [1.54, 1.807) is 24.3 Å². The lowest BCUT2D eigenvalue weighted by molar-refractivity contribution is -0.120. The molecule has 0 saturated heterocycles. The minimum atomic E-state index is -0.677. The standard InChI is InChI=1S/C28H21Cl2N3O5/c1-37-25-13-17(9-12-24(25)38-28(36)22-11-10-19(29)14-23(22)30)15-32-33-26(34)16-31-27(35)21-8-4-6-18-5-2-3-7-20(18)21/h2-15H,16H2,1H3,(H,31,35)(H,33,34)/b32-15-. The highest BCUT2D eigenvalue weighted by atomic mass is 35.5. The minimum Gasteiger partial charge on any atom is -0.493 e. The molecule has 0 radical (unpaired) electrons. The Morgan fingerprint density at radius 3 is 2.47 bits per heavy atom. The van der Waals surface area contributed by atoms with Gasteiger partial charge in [0.2, 0.25) is 0 Å². The van der Waals surface area contributed by atoms with Crippen LogP contribution in [0.15, 0.2) is 84.0 Å². The molecule has 0 heterocycles. The molecule has 0 aromatic heterocycles. The highest BCUT2D eigenvalue weighted by molar-refractivity contribution is 6.36. The van der Waals surface area contributed by atoms with E-state index in [-0.39, 0.29) is 34.5 Å². The van der Waals surface area contributed by atoms with E-state index < -0.39 is 11.9 Å². The summed E-state index contributed by atoms with van der Waals surface area (Å²) in [7, 11) is 1.42. The van der Waals surface area contributed by atoms with Gasteiger partial charge >= 0.3 is 5.97 Å². The lowest BCUT2D eigenvalue weighted by atomic mass is 10.0. The van der Waals surface area contributed by atoms with Crippen molar-refractivity contribution >= 4 is 58.0 Å². The molecule has 4 aromatic rings. The van der Waals surface area contributed by atoms with Gasteiger partial charge in [0.1, 0.15) is 0 Å². The maximum Gasteiger partial charge on any atom is 0.345 e. The second-order valence-electron chi connectivity index (χ2n) is 7.93. The average molecular weight is 550 g/mol. The Balaban J connectivity index is 1.33. The van der Waals surface area contributed by atoms with Gasteiger partial charge in [0, 0.05) is 10.6 Å². The number of methoxy groups -OCH3 is 1.